The molecule has 0 bridgehead atoms. The molecule has 21 heavy (non-hydrogen) atoms. The number of rotatable bonds is 6. The van der Waals surface area contributed by atoms with Crippen LogP contribution in [0.5, 0.6) is 0 Å². The van der Waals surface area contributed by atoms with Crippen molar-refractivity contribution in [3.8, 4) is 0 Å². The van der Waals surface area contributed by atoms with Crippen molar-refractivity contribution in [2.24, 2.45) is 0 Å². The minimum Gasteiger partial charge on any atom is -0.383 e. The number of hydrogen-bond acceptors (Lipinski definition) is 3. The highest BCUT2D eigenvalue weighted by Gasteiger charge is 2.61. The Morgan fingerprint density at radius 1 is 1.57 bits per heavy atom. The number of carbonyl (C=O) groups excluding carboxylic acids is 1. The summed E-state index contributed by atoms with van der Waals surface area (Å²) in [5.74, 6) is -5.26. The third-order valence-electron chi connectivity index (χ3n) is 4.13. The van der Waals surface area contributed by atoms with Gasteiger partial charge in [0.05, 0.1) is 17.6 Å². The molecule has 1 amide bonds. The first-order chi connectivity index (χ1) is 9.82. The molecule has 118 valence electrons. The standard InChI is InChI=1S/C14H21F2N3O2/c1-3-4-8-19-10(2)11(9-17-19)18-12(20)14(15,16)13(21)6-5-7-13/h9,21H,3-8H2,1-2H3,(H,18,20). The summed E-state index contributed by atoms with van der Waals surface area (Å²) in [5.41, 5.74) is -1.31. The van der Waals surface area contributed by atoms with Gasteiger partial charge in [-0.1, -0.05) is 13.3 Å². The Kier molecular flexibility index (Phi) is 4.32. The first kappa shape index (κ1) is 15.9. The number of aryl methyl sites for hydroxylation is 1. The molecule has 1 aromatic rings. The summed E-state index contributed by atoms with van der Waals surface area (Å²) < 4.78 is 29.6. The summed E-state index contributed by atoms with van der Waals surface area (Å²) in [7, 11) is 0. The van der Waals surface area contributed by atoms with Crippen molar-refractivity contribution in [3.05, 3.63) is 11.9 Å². The van der Waals surface area contributed by atoms with Crippen LogP contribution in [0.3, 0.4) is 0 Å². The molecule has 1 saturated carbocycles. The molecule has 0 aromatic carbocycles. The molecule has 0 spiro atoms. The zero-order valence-electron chi connectivity index (χ0n) is 12.3. The van der Waals surface area contributed by atoms with E-state index in [0.717, 1.165) is 12.8 Å². The highest BCUT2D eigenvalue weighted by atomic mass is 19.3. The molecular weight excluding hydrogens is 280 g/mol. The predicted molar refractivity (Wildman–Crippen MR) is 74.2 cm³/mol. The lowest BCUT2D eigenvalue weighted by atomic mass is 9.75. The number of carbonyl (C=O) groups is 1. The maximum atomic E-state index is 14.0. The van der Waals surface area contributed by atoms with Crippen LogP contribution < -0.4 is 5.32 Å². The van der Waals surface area contributed by atoms with Gasteiger partial charge in [0, 0.05) is 6.54 Å². The summed E-state index contributed by atoms with van der Waals surface area (Å²) in [6, 6.07) is 0. The number of nitrogens with zero attached hydrogens (tertiary/aromatic N) is 2. The molecule has 1 aromatic heterocycles. The van der Waals surface area contributed by atoms with Crippen LogP contribution >= 0.6 is 0 Å². The Morgan fingerprint density at radius 2 is 2.24 bits per heavy atom. The summed E-state index contributed by atoms with van der Waals surface area (Å²) >= 11 is 0. The van der Waals surface area contributed by atoms with E-state index in [2.05, 4.69) is 10.4 Å². The second kappa shape index (κ2) is 5.71. The van der Waals surface area contributed by atoms with Gasteiger partial charge in [0.1, 0.15) is 5.60 Å². The number of amides is 1. The normalized spacial score (nSPS) is 17.4. The first-order valence-electron chi connectivity index (χ1n) is 7.26. The molecule has 5 nitrogen and oxygen atoms in total. The van der Waals surface area contributed by atoms with Gasteiger partial charge in [-0.05, 0) is 32.6 Å². The Labute approximate surface area is 122 Å². The maximum absolute atomic E-state index is 14.0. The smallest absolute Gasteiger partial charge is 0.352 e. The molecule has 2 N–H and O–H groups in total. The van der Waals surface area contributed by atoms with E-state index in [4.69, 9.17) is 0 Å². The van der Waals surface area contributed by atoms with Gasteiger partial charge in [-0.25, -0.2) is 0 Å². The van der Waals surface area contributed by atoms with Crippen LogP contribution in [-0.2, 0) is 11.3 Å². The average molecular weight is 301 g/mol. The third kappa shape index (κ3) is 2.79. The molecule has 0 atom stereocenters. The average Bonchev–Trinajstić information content (AvgIpc) is 2.74. The molecule has 0 unspecified atom stereocenters. The number of nitrogens with one attached hydrogen (secondary N) is 1. The van der Waals surface area contributed by atoms with E-state index < -0.39 is 17.4 Å². The second-order valence-electron chi connectivity index (χ2n) is 5.63. The van der Waals surface area contributed by atoms with Crippen LogP contribution in [0.4, 0.5) is 14.5 Å². The molecular formula is C14H21F2N3O2. The Morgan fingerprint density at radius 3 is 2.76 bits per heavy atom. The van der Waals surface area contributed by atoms with Crippen molar-refractivity contribution in [1.29, 1.82) is 0 Å². The van der Waals surface area contributed by atoms with E-state index in [1.54, 1.807) is 11.6 Å². The van der Waals surface area contributed by atoms with Crippen molar-refractivity contribution in [3.63, 3.8) is 0 Å². The third-order valence-corrected chi connectivity index (χ3v) is 4.13. The fourth-order valence-corrected chi connectivity index (χ4v) is 2.34. The van der Waals surface area contributed by atoms with Crippen LogP contribution in [-0.4, -0.2) is 32.3 Å². The van der Waals surface area contributed by atoms with Gasteiger partial charge in [0.15, 0.2) is 0 Å². The van der Waals surface area contributed by atoms with Crippen LogP contribution in [0.2, 0.25) is 0 Å². The Balaban J connectivity index is 2.07. The zero-order chi connectivity index (χ0) is 15.7. The molecule has 1 aliphatic carbocycles. The van der Waals surface area contributed by atoms with E-state index in [1.807, 2.05) is 6.92 Å². The minimum atomic E-state index is -3.79. The number of hydrogen-bond donors (Lipinski definition) is 2. The molecule has 0 aliphatic heterocycles. The van der Waals surface area contributed by atoms with Crippen LogP contribution in [0.15, 0.2) is 6.20 Å². The predicted octanol–water partition coefficient (Wildman–Crippen LogP) is 2.48. The lowest BCUT2D eigenvalue weighted by molar-refractivity contribution is -0.212. The first-order valence-corrected chi connectivity index (χ1v) is 7.26. The zero-order valence-corrected chi connectivity index (χ0v) is 12.3. The number of aromatic nitrogens is 2. The second-order valence-corrected chi connectivity index (χ2v) is 5.63. The fourth-order valence-electron chi connectivity index (χ4n) is 2.34. The maximum Gasteiger partial charge on any atom is 0.352 e. The van der Waals surface area contributed by atoms with Gasteiger partial charge in [0.2, 0.25) is 0 Å². The van der Waals surface area contributed by atoms with Crippen molar-refractivity contribution < 1.29 is 18.7 Å². The number of anilines is 1. The van der Waals surface area contributed by atoms with E-state index >= 15 is 0 Å². The number of halogens is 2. The van der Waals surface area contributed by atoms with E-state index in [0.29, 0.717) is 18.7 Å². The van der Waals surface area contributed by atoms with E-state index in [-0.39, 0.29) is 18.5 Å². The van der Waals surface area contributed by atoms with Gasteiger partial charge in [-0.2, -0.15) is 13.9 Å². The lowest BCUT2D eigenvalue weighted by Crippen LogP contribution is -2.59. The topological polar surface area (TPSA) is 67.2 Å². The van der Waals surface area contributed by atoms with Crippen LogP contribution in [0.1, 0.15) is 44.7 Å². The molecule has 2 rings (SSSR count). The van der Waals surface area contributed by atoms with Gasteiger partial charge in [-0.15, -0.1) is 0 Å². The van der Waals surface area contributed by atoms with Crippen molar-refractivity contribution >= 4 is 11.6 Å². The van der Waals surface area contributed by atoms with Gasteiger partial charge in [-0.3, -0.25) is 9.48 Å². The largest absolute Gasteiger partial charge is 0.383 e. The molecule has 0 radical (unpaired) electrons. The number of aliphatic hydroxyl groups is 1. The van der Waals surface area contributed by atoms with Crippen molar-refractivity contribution in [2.45, 2.75) is 64.0 Å². The molecule has 0 saturated heterocycles. The molecule has 1 heterocycles. The Bertz CT molecular complexity index is 524. The number of alkyl halides is 2. The summed E-state index contributed by atoms with van der Waals surface area (Å²) in [6.07, 6.45) is 3.68. The van der Waals surface area contributed by atoms with Crippen LogP contribution in [0, 0.1) is 6.92 Å². The molecule has 1 aliphatic rings. The summed E-state index contributed by atoms with van der Waals surface area (Å²) in [6.45, 7) is 4.44. The summed E-state index contributed by atoms with van der Waals surface area (Å²) in [5, 5.41) is 16.0. The van der Waals surface area contributed by atoms with Gasteiger partial charge in [0.25, 0.3) is 5.91 Å². The number of unbranched alkanes of at least 4 members (excludes halogenated alkanes) is 1. The van der Waals surface area contributed by atoms with Gasteiger partial charge >= 0.3 is 5.92 Å². The Hall–Kier alpha value is -1.50. The minimum absolute atomic E-state index is 0.0534. The van der Waals surface area contributed by atoms with Crippen LogP contribution in [0.25, 0.3) is 0 Å². The lowest BCUT2D eigenvalue weighted by Gasteiger charge is -2.41. The van der Waals surface area contributed by atoms with Crippen molar-refractivity contribution in [2.75, 3.05) is 5.32 Å². The van der Waals surface area contributed by atoms with E-state index in [1.165, 1.54) is 6.20 Å². The van der Waals surface area contributed by atoms with Gasteiger partial charge < -0.3 is 10.4 Å². The monoisotopic (exact) mass is 301 g/mol. The summed E-state index contributed by atoms with van der Waals surface area (Å²) in [4.78, 5) is 11.8. The molecule has 7 heteroatoms. The molecule has 1 fully saturated rings. The SMILES string of the molecule is CCCCn1ncc(NC(=O)C(F)(F)C2(O)CCC2)c1C. The quantitative estimate of drug-likeness (QED) is 0.848. The van der Waals surface area contributed by atoms with Crippen molar-refractivity contribution in [1.82, 2.24) is 9.78 Å². The highest BCUT2D eigenvalue weighted by molar-refractivity contribution is 5.97. The highest BCUT2D eigenvalue weighted by Crippen LogP contribution is 2.44. The fraction of sp³-hybridized carbons (Fsp3) is 0.714. The van der Waals surface area contributed by atoms with E-state index in [9.17, 15) is 18.7 Å².